The molecule has 5 nitrogen and oxygen atoms in total. The lowest BCUT2D eigenvalue weighted by atomic mass is 9.85. The zero-order valence-electron chi connectivity index (χ0n) is 14.9. The fraction of sp³-hybridized carbons (Fsp3) is 0.368. The van der Waals surface area contributed by atoms with E-state index in [-0.39, 0.29) is 18.2 Å². The fourth-order valence-corrected chi connectivity index (χ4v) is 2.24. The Balaban J connectivity index is 1.92. The van der Waals surface area contributed by atoms with Crippen LogP contribution in [0.2, 0.25) is 0 Å². The van der Waals surface area contributed by atoms with Crippen LogP contribution < -0.4 is 15.4 Å². The minimum Gasteiger partial charge on any atom is -0.473 e. The van der Waals surface area contributed by atoms with Crippen LogP contribution in [0.4, 0.5) is 10.6 Å². The van der Waals surface area contributed by atoms with Gasteiger partial charge in [-0.25, -0.2) is 9.78 Å². The summed E-state index contributed by atoms with van der Waals surface area (Å²) in [5.41, 5.74) is 3.31. The summed E-state index contributed by atoms with van der Waals surface area (Å²) < 4.78 is 5.75. The molecular weight excluding hydrogens is 302 g/mol. The van der Waals surface area contributed by atoms with Crippen molar-refractivity contribution >= 4 is 11.8 Å². The van der Waals surface area contributed by atoms with Gasteiger partial charge in [0.1, 0.15) is 11.6 Å². The summed E-state index contributed by atoms with van der Waals surface area (Å²) >= 11 is 0. The Labute approximate surface area is 143 Å². The Morgan fingerprint density at radius 3 is 2.46 bits per heavy atom. The second-order valence-electron chi connectivity index (χ2n) is 6.89. The van der Waals surface area contributed by atoms with E-state index in [1.165, 1.54) is 5.56 Å². The normalized spacial score (nSPS) is 11.0. The maximum atomic E-state index is 11.9. The van der Waals surface area contributed by atoms with Crippen LogP contribution in [-0.4, -0.2) is 17.7 Å². The van der Waals surface area contributed by atoms with E-state index in [0.29, 0.717) is 5.82 Å². The van der Waals surface area contributed by atoms with Crippen LogP contribution in [-0.2, 0) is 5.41 Å². The monoisotopic (exact) mass is 327 g/mol. The van der Waals surface area contributed by atoms with Crippen molar-refractivity contribution in [2.45, 2.75) is 40.0 Å². The van der Waals surface area contributed by atoms with Crippen molar-refractivity contribution in [2.24, 2.45) is 0 Å². The number of urea groups is 1. The number of carbonyl (C=O) groups is 1. The van der Waals surface area contributed by atoms with Gasteiger partial charge in [-0.1, -0.05) is 44.5 Å². The van der Waals surface area contributed by atoms with Gasteiger partial charge in [-0.05, 0) is 42.5 Å². The van der Waals surface area contributed by atoms with Crippen LogP contribution in [0.3, 0.4) is 0 Å². The molecule has 0 fully saturated rings. The van der Waals surface area contributed by atoms with Crippen LogP contribution in [0.5, 0.6) is 5.75 Å². The number of rotatable bonds is 4. The van der Waals surface area contributed by atoms with E-state index in [0.717, 1.165) is 16.9 Å². The Morgan fingerprint density at radius 1 is 1.12 bits per heavy atom. The molecule has 2 amide bonds. The number of aromatic nitrogens is 1. The SMILES string of the molecule is Cc1ccc(NC(=O)NCOc2ccc(C)cc2C(C)(C)C)nc1. The highest BCUT2D eigenvalue weighted by atomic mass is 16.5. The number of amides is 2. The lowest BCUT2D eigenvalue weighted by Gasteiger charge is -2.23. The van der Waals surface area contributed by atoms with Crippen molar-refractivity contribution in [3.05, 3.63) is 53.2 Å². The van der Waals surface area contributed by atoms with Gasteiger partial charge in [0.2, 0.25) is 0 Å². The van der Waals surface area contributed by atoms with Gasteiger partial charge in [-0.15, -0.1) is 0 Å². The summed E-state index contributed by atoms with van der Waals surface area (Å²) in [6, 6.07) is 9.36. The molecule has 0 bridgehead atoms. The molecule has 1 heterocycles. The van der Waals surface area contributed by atoms with Crippen molar-refractivity contribution in [2.75, 3.05) is 12.0 Å². The summed E-state index contributed by atoms with van der Waals surface area (Å²) in [5, 5.41) is 5.34. The van der Waals surface area contributed by atoms with Gasteiger partial charge < -0.3 is 10.1 Å². The van der Waals surface area contributed by atoms with E-state index in [1.54, 1.807) is 12.3 Å². The second-order valence-corrected chi connectivity index (χ2v) is 6.89. The van der Waals surface area contributed by atoms with E-state index < -0.39 is 0 Å². The first-order chi connectivity index (χ1) is 11.3. The van der Waals surface area contributed by atoms with Crippen LogP contribution >= 0.6 is 0 Å². The quantitative estimate of drug-likeness (QED) is 0.829. The van der Waals surface area contributed by atoms with Gasteiger partial charge in [0, 0.05) is 6.20 Å². The second kappa shape index (κ2) is 7.34. The van der Waals surface area contributed by atoms with Crippen LogP contribution in [0, 0.1) is 13.8 Å². The van der Waals surface area contributed by atoms with Crippen LogP contribution in [0.1, 0.15) is 37.5 Å². The fourth-order valence-electron chi connectivity index (χ4n) is 2.24. The molecule has 0 unspecified atom stereocenters. The van der Waals surface area contributed by atoms with E-state index >= 15 is 0 Å². The number of nitrogens with zero attached hydrogens (tertiary/aromatic N) is 1. The van der Waals surface area contributed by atoms with Gasteiger partial charge in [-0.2, -0.15) is 0 Å². The molecule has 128 valence electrons. The molecule has 2 rings (SSSR count). The van der Waals surface area contributed by atoms with Crippen molar-refractivity contribution in [3.8, 4) is 5.75 Å². The van der Waals surface area contributed by atoms with Gasteiger partial charge in [0.05, 0.1) is 0 Å². The van der Waals surface area contributed by atoms with Gasteiger partial charge in [0.15, 0.2) is 6.73 Å². The Hall–Kier alpha value is -2.56. The maximum absolute atomic E-state index is 11.9. The van der Waals surface area contributed by atoms with E-state index in [2.05, 4.69) is 49.4 Å². The molecule has 0 spiro atoms. The minimum absolute atomic E-state index is 0.0323. The standard InChI is InChI=1S/C19H25N3O2/c1-13-6-8-16(15(10-13)19(3,4)5)24-12-21-18(23)22-17-9-7-14(2)11-20-17/h6-11H,12H2,1-5H3,(H2,20,21,22,23). The third kappa shape index (κ3) is 4.98. The van der Waals surface area contributed by atoms with Gasteiger partial charge in [0.25, 0.3) is 0 Å². The Bertz CT molecular complexity index is 704. The van der Waals surface area contributed by atoms with Crippen molar-refractivity contribution in [3.63, 3.8) is 0 Å². The summed E-state index contributed by atoms with van der Waals surface area (Å²) in [4.78, 5) is 16.0. The van der Waals surface area contributed by atoms with E-state index in [1.807, 2.05) is 25.1 Å². The first-order valence-electron chi connectivity index (χ1n) is 7.97. The lowest BCUT2D eigenvalue weighted by molar-refractivity contribution is 0.233. The van der Waals surface area contributed by atoms with E-state index in [4.69, 9.17) is 4.74 Å². The number of pyridine rings is 1. The van der Waals surface area contributed by atoms with Crippen molar-refractivity contribution in [1.29, 1.82) is 0 Å². The first-order valence-corrected chi connectivity index (χ1v) is 7.97. The zero-order chi connectivity index (χ0) is 17.7. The van der Waals surface area contributed by atoms with E-state index in [9.17, 15) is 4.79 Å². The van der Waals surface area contributed by atoms with Gasteiger partial charge >= 0.3 is 6.03 Å². The third-order valence-electron chi connectivity index (χ3n) is 3.56. The number of aryl methyl sites for hydroxylation is 2. The molecule has 0 aliphatic rings. The molecule has 0 saturated heterocycles. The average Bonchev–Trinajstić information content (AvgIpc) is 2.50. The predicted molar refractivity (Wildman–Crippen MR) is 96.5 cm³/mol. The molecule has 0 radical (unpaired) electrons. The zero-order valence-corrected chi connectivity index (χ0v) is 14.9. The molecule has 1 aromatic carbocycles. The number of nitrogens with one attached hydrogen (secondary N) is 2. The third-order valence-corrected chi connectivity index (χ3v) is 3.56. The molecule has 5 heteroatoms. The summed E-state index contributed by atoms with van der Waals surface area (Å²) in [6.45, 7) is 10.5. The molecule has 1 aromatic heterocycles. The minimum atomic E-state index is -0.351. The molecule has 2 aromatic rings. The predicted octanol–water partition coefficient (Wildman–Crippen LogP) is 4.15. The van der Waals surface area contributed by atoms with Crippen LogP contribution in [0.25, 0.3) is 0 Å². The van der Waals surface area contributed by atoms with Gasteiger partial charge in [-0.3, -0.25) is 5.32 Å². The molecule has 0 aliphatic heterocycles. The molecule has 2 N–H and O–H groups in total. The highest BCUT2D eigenvalue weighted by Crippen LogP contribution is 2.31. The number of anilines is 1. The molecule has 0 atom stereocenters. The number of ether oxygens (including phenoxy) is 1. The largest absolute Gasteiger partial charge is 0.473 e. The molecule has 24 heavy (non-hydrogen) atoms. The highest BCUT2D eigenvalue weighted by molar-refractivity contribution is 5.88. The highest BCUT2D eigenvalue weighted by Gasteiger charge is 2.19. The van der Waals surface area contributed by atoms with Crippen molar-refractivity contribution in [1.82, 2.24) is 10.3 Å². The number of hydrogen-bond donors (Lipinski definition) is 2. The lowest BCUT2D eigenvalue weighted by Crippen LogP contribution is -2.32. The molecule has 0 aliphatic carbocycles. The Kier molecular flexibility index (Phi) is 5.44. The topological polar surface area (TPSA) is 63.2 Å². The number of hydrogen-bond acceptors (Lipinski definition) is 3. The average molecular weight is 327 g/mol. The maximum Gasteiger partial charge on any atom is 0.323 e. The number of benzene rings is 1. The van der Waals surface area contributed by atoms with Crippen LogP contribution in [0.15, 0.2) is 36.5 Å². The Morgan fingerprint density at radius 2 is 1.83 bits per heavy atom. The smallest absolute Gasteiger partial charge is 0.323 e. The molecular formula is C19H25N3O2. The summed E-state index contributed by atoms with van der Waals surface area (Å²) in [7, 11) is 0. The number of carbonyl (C=O) groups excluding carboxylic acids is 1. The first kappa shape index (κ1) is 17.8. The van der Waals surface area contributed by atoms with Crippen molar-refractivity contribution < 1.29 is 9.53 Å². The summed E-state index contributed by atoms with van der Waals surface area (Å²) in [6.07, 6.45) is 1.70. The molecule has 0 saturated carbocycles. The summed E-state index contributed by atoms with van der Waals surface area (Å²) in [5.74, 6) is 1.28.